The second kappa shape index (κ2) is 7.37. The molecule has 7 nitrogen and oxygen atoms in total. The number of aromatic amines is 1. The molecule has 26 heavy (non-hydrogen) atoms. The first-order chi connectivity index (χ1) is 12.5. The predicted octanol–water partition coefficient (Wildman–Crippen LogP) is 2.45. The number of amides is 1. The maximum Gasteiger partial charge on any atom is 0.340 e. The summed E-state index contributed by atoms with van der Waals surface area (Å²) in [4.78, 5) is 30.4. The van der Waals surface area contributed by atoms with Crippen LogP contribution in [-0.2, 0) is 16.0 Å². The number of rotatable bonds is 5. The Bertz CT molecular complexity index is 821. The highest BCUT2D eigenvalue weighted by Crippen LogP contribution is 2.28. The molecule has 0 spiro atoms. The summed E-state index contributed by atoms with van der Waals surface area (Å²) in [6, 6.07) is 4.01. The molecule has 1 aliphatic rings. The zero-order valence-corrected chi connectivity index (χ0v) is 15.7. The summed E-state index contributed by atoms with van der Waals surface area (Å²) in [5, 5.41) is 0. The molecule has 1 N–H and O–H groups in total. The minimum Gasteiger partial charge on any atom is -0.460 e. The van der Waals surface area contributed by atoms with E-state index in [1.54, 1.807) is 21.0 Å². The van der Waals surface area contributed by atoms with Crippen molar-refractivity contribution in [2.24, 2.45) is 0 Å². The third kappa shape index (κ3) is 3.14. The Hall–Kier alpha value is -2.54. The molecule has 1 amide bonds. The number of carbonyl (C=O) groups excluding carboxylic acids is 2. The lowest BCUT2D eigenvalue weighted by atomic mass is 10.1. The van der Waals surface area contributed by atoms with Crippen LogP contribution in [0.15, 0.2) is 18.3 Å². The molecular formula is C19H25N3O4. The lowest BCUT2D eigenvalue weighted by Crippen LogP contribution is -2.41. The van der Waals surface area contributed by atoms with E-state index in [-0.39, 0.29) is 18.6 Å². The van der Waals surface area contributed by atoms with Gasteiger partial charge in [-0.05, 0) is 38.5 Å². The molecule has 3 heterocycles. The van der Waals surface area contributed by atoms with Gasteiger partial charge in [0, 0.05) is 37.8 Å². The van der Waals surface area contributed by atoms with Gasteiger partial charge in [0.15, 0.2) is 0 Å². The minimum absolute atomic E-state index is 0.0219. The molecule has 0 aliphatic carbocycles. The number of hydrogen-bond acceptors (Lipinski definition) is 4. The minimum atomic E-state index is -0.437. The fourth-order valence-corrected chi connectivity index (χ4v) is 3.56. The summed E-state index contributed by atoms with van der Waals surface area (Å²) in [6.07, 6.45) is 2.03. The van der Waals surface area contributed by atoms with Gasteiger partial charge in [-0.1, -0.05) is 0 Å². The van der Waals surface area contributed by atoms with Crippen molar-refractivity contribution in [1.29, 1.82) is 0 Å². The lowest BCUT2D eigenvalue weighted by molar-refractivity contribution is 0.0387. The maximum atomic E-state index is 13.1. The largest absolute Gasteiger partial charge is 0.460 e. The average Bonchev–Trinajstić information content (AvgIpc) is 3.20. The number of H-pyrrole nitrogens is 1. The van der Waals surface area contributed by atoms with Crippen molar-refractivity contribution in [2.45, 2.75) is 33.4 Å². The SMILES string of the molecule is COCCOC(=O)c1c(C)[nH]c(C(=O)N2CCn3cccc3C2C)c1C. The summed E-state index contributed by atoms with van der Waals surface area (Å²) >= 11 is 0. The molecule has 0 aromatic carbocycles. The van der Waals surface area contributed by atoms with E-state index in [9.17, 15) is 9.59 Å². The molecule has 7 heteroatoms. The third-order valence-corrected chi connectivity index (χ3v) is 4.98. The van der Waals surface area contributed by atoms with Gasteiger partial charge in [-0.25, -0.2) is 4.79 Å². The lowest BCUT2D eigenvalue weighted by Gasteiger charge is -2.34. The van der Waals surface area contributed by atoms with Gasteiger partial charge < -0.3 is 23.9 Å². The van der Waals surface area contributed by atoms with Gasteiger partial charge in [0.05, 0.1) is 18.2 Å². The van der Waals surface area contributed by atoms with Crippen molar-refractivity contribution in [2.75, 3.05) is 26.9 Å². The van der Waals surface area contributed by atoms with E-state index in [1.807, 2.05) is 30.2 Å². The van der Waals surface area contributed by atoms with Crippen LogP contribution >= 0.6 is 0 Å². The van der Waals surface area contributed by atoms with Crippen molar-refractivity contribution < 1.29 is 19.1 Å². The van der Waals surface area contributed by atoms with E-state index in [2.05, 4.69) is 9.55 Å². The Kier molecular flexibility index (Phi) is 5.18. The van der Waals surface area contributed by atoms with E-state index in [4.69, 9.17) is 9.47 Å². The summed E-state index contributed by atoms with van der Waals surface area (Å²) in [6.45, 7) is 7.50. The van der Waals surface area contributed by atoms with Crippen LogP contribution in [0.2, 0.25) is 0 Å². The molecule has 1 aliphatic heterocycles. The molecule has 0 fully saturated rings. The van der Waals surface area contributed by atoms with Crippen molar-refractivity contribution in [1.82, 2.24) is 14.5 Å². The van der Waals surface area contributed by atoms with Gasteiger partial charge in [0.25, 0.3) is 5.91 Å². The fourth-order valence-electron chi connectivity index (χ4n) is 3.56. The summed E-state index contributed by atoms with van der Waals surface area (Å²) in [5.41, 5.74) is 3.26. The van der Waals surface area contributed by atoms with Crippen LogP contribution in [0.25, 0.3) is 0 Å². The van der Waals surface area contributed by atoms with E-state index in [0.717, 1.165) is 12.2 Å². The van der Waals surface area contributed by atoms with Crippen molar-refractivity contribution >= 4 is 11.9 Å². The third-order valence-electron chi connectivity index (χ3n) is 4.98. The first kappa shape index (κ1) is 18.3. The normalized spacial score (nSPS) is 16.5. The average molecular weight is 359 g/mol. The summed E-state index contributed by atoms with van der Waals surface area (Å²) in [7, 11) is 1.55. The molecule has 0 saturated carbocycles. The van der Waals surface area contributed by atoms with Crippen LogP contribution in [0, 0.1) is 13.8 Å². The van der Waals surface area contributed by atoms with Gasteiger partial charge in [0.1, 0.15) is 12.3 Å². The monoisotopic (exact) mass is 359 g/mol. The van der Waals surface area contributed by atoms with Crippen LogP contribution in [0.4, 0.5) is 0 Å². The molecule has 2 aromatic heterocycles. The van der Waals surface area contributed by atoms with Crippen molar-refractivity contribution in [3.63, 3.8) is 0 Å². The van der Waals surface area contributed by atoms with Gasteiger partial charge in [-0.2, -0.15) is 0 Å². The van der Waals surface area contributed by atoms with Crippen LogP contribution in [0.1, 0.15) is 50.8 Å². The number of aromatic nitrogens is 2. The Balaban J connectivity index is 1.83. The first-order valence-corrected chi connectivity index (χ1v) is 8.77. The van der Waals surface area contributed by atoms with Gasteiger partial charge in [0.2, 0.25) is 0 Å². The number of aryl methyl sites for hydroxylation is 1. The molecule has 0 radical (unpaired) electrons. The predicted molar refractivity (Wildman–Crippen MR) is 96.3 cm³/mol. The van der Waals surface area contributed by atoms with Gasteiger partial charge in [-0.3, -0.25) is 4.79 Å². The Morgan fingerprint density at radius 1 is 1.27 bits per heavy atom. The number of carbonyl (C=O) groups is 2. The number of esters is 1. The van der Waals surface area contributed by atoms with Crippen molar-refractivity contribution in [3.05, 3.63) is 46.5 Å². The maximum absolute atomic E-state index is 13.1. The summed E-state index contributed by atoms with van der Waals surface area (Å²) < 4.78 is 12.3. The number of hydrogen-bond donors (Lipinski definition) is 1. The van der Waals surface area contributed by atoms with Crippen molar-refractivity contribution in [3.8, 4) is 0 Å². The number of nitrogens with zero attached hydrogens (tertiary/aromatic N) is 2. The molecule has 0 bridgehead atoms. The highest BCUT2D eigenvalue weighted by atomic mass is 16.6. The molecule has 1 atom stereocenters. The Labute approximate surface area is 152 Å². The van der Waals surface area contributed by atoms with Gasteiger partial charge in [-0.15, -0.1) is 0 Å². The van der Waals surface area contributed by atoms with Gasteiger partial charge >= 0.3 is 5.97 Å². The topological polar surface area (TPSA) is 76.6 Å². The number of nitrogens with one attached hydrogen (secondary N) is 1. The number of fused-ring (bicyclic) bond motifs is 1. The molecule has 1 unspecified atom stereocenters. The fraction of sp³-hybridized carbons (Fsp3) is 0.474. The Morgan fingerprint density at radius 2 is 2.04 bits per heavy atom. The molecule has 140 valence electrons. The van der Waals surface area contributed by atoms with Crippen LogP contribution in [0.5, 0.6) is 0 Å². The molecule has 3 rings (SSSR count). The zero-order valence-electron chi connectivity index (χ0n) is 15.7. The standard InChI is InChI=1S/C19H25N3O4/c1-12-16(19(24)26-11-10-25-4)13(2)20-17(12)18(23)22-9-8-21-7-5-6-15(21)14(22)3/h5-7,14,20H,8-11H2,1-4H3. The van der Waals surface area contributed by atoms with Crippen LogP contribution in [0.3, 0.4) is 0 Å². The highest BCUT2D eigenvalue weighted by Gasteiger charge is 2.31. The highest BCUT2D eigenvalue weighted by molar-refractivity contribution is 6.00. The molecule has 0 saturated heterocycles. The summed E-state index contributed by atoms with van der Waals surface area (Å²) in [5.74, 6) is -0.533. The second-order valence-electron chi connectivity index (χ2n) is 6.55. The first-order valence-electron chi connectivity index (χ1n) is 8.77. The molecule has 2 aromatic rings. The smallest absolute Gasteiger partial charge is 0.340 e. The Morgan fingerprint density at radius 3 is 2.77 bits per heavy atom. The number of ether oxygens (including phenoxy) is 2. The van der Waals surface area contributed by atoms with E-state index < -0.39 is 5.97 Å². The van der Waals surface area contributed by atoms with E-state index >= 15 is 0 Å². The number of methoxy groups -OCH3 is 1. The zero-order chi connectivity index (χ0) is 18.8. The molecular weight excluding hydrogens is 334 g/mol. The van der Waals surface area contributed by atoms with Crippen LogP contribution < -0.4 is 0 Å². The van der Waals surface area contributed by atoms with E-state index in [1.165, 1.54) is 0 Å². The second-order valence-corrected chi connectivity index (χ2v) is 6.55. The quantitative estimate of drug-likeness (QED) is 0.657. The van der Waals surface area contributed by atoms with E-state index in [0.29, 0.717) is 35.7 Å². The van der Waals surface area contributed by atoms with Crippen LogP contribution in [-0.4, -0.2) is 53.2 Å².